The molecule has 1 amide bonds. The maximum Gasteiger partial charge on any atom is 0.221 e. The molecule has 23 heavy (non-hydrogen) atoms. The molecule has 0 atom stereocenters. The molecule has 0 radical (unpaired) electrons. The zero-order valence-electron chi connectivity index (χ0n) is 13.4. The monoisotopic (exact) mass is 314 g/mol. The van der Waals surface area contributed by atoms with E-state index in [0.717, 1.165) is 17.7 Å². The Morgan fingerprint density at radius 2 is 1.78 bits per heavy atom. The third kappa shape index (κ3) is 5.74. The van der Waals surface area contributed by atoms with Crippen LogP contribution in [0.15, 0.2) is 48.5 Å². The summed E-state index contributed by atoms with van der Waals surface area (Å²) in [4.78, 5) is 11.8. The van der Waals surface area contributed by atoms with Crippen LogP contribution >= 0.6 is 0 Å². The van der Waals surface area contributed by atoms with E-state index in [1.54, 1.807) is 12.1 Å². The van der Waals surface area contributed by atoms with Crippen molar-refractivity contribution in [2.24, 2.45) is 0 Å². The lowest BCUT2D eigenvalue weighted by Gasteiger charge is -2.11. The van der Waals surface area contributed by atoms with Gasteiger partial charge in [-0.05, 0) is 42.2 Å². The third-order valence-electron chi connectivity index (χ3n) is 3.71. The van der Waals surface area contributed by atoms with E-state index < -0.39 is 0 Å². The van der Waals surface area contributed by atoms with Crippen LogP contribution in [0.1, 0.15) is 24.5 Å². The van der Waals surface area contributed by atoms with Crippen LogP contribution in [0.4, 0.5) is 10.1 Å². The van der Waals surface area contributed by atoms with E-state index in [0.29, 0.717) is 25.9 Å². The summed E-state index contributed by atoms with van der Waals surface area (Å²) in [7, 11) is 0. The standard InChI is InChI=1S/C19H23FN2O/c1-2-16-5-3-4-6-18(16)21-14-12-19(23)22-13-11-15-7-9-17(20)10-8-15/h3-10,21H,2,11-14H2,1H3,(H,22,23). The minimum absolute atomic E-state index is 0.0218. The van der Waals surface area contributed by atoms with Crippen molar-refractivity contribution in [3.8, 4) is 0 Å². The van der Waals surface area contributed by atoms with Crippen molar-refractivity contribution in [1.29, 1.82) is 0 Å². The van der Waals surface area contributed by atoms with Crippen LogP contribution in [-0.2, 0) is 17.6 Å². The highest BCUT2D eigenvalue weighted by molar-refractivity contribution is 5.76. The number of rotatable bonds is 8. The van der Waals surface area contributed by atoms with Crippen LogP contribution in [0.25, 0.3) is 0 Å². The maximum atomic E-state index is 12.8. The summed E-state index contributed by atoms with van der Waals surface area (Å²) in [6.45, 7) is 3.29. The fourth-order valence-electron chi connectivity index (χ4n) is 2.40. The van der Waals surface area contributed by atoms with Gasteiger partial charge in [-0.3, -0.25) is 4.79 Å². The molecule has 2 rings (SSSR count). The zero-order valence-corrected chi connectivity index (χ0v) is 13.4. The fourth-order valence-corrected chi connectivity index (χ4v) is 2.40. The third-order valence-corrected chi connectivity index (χ3v) is 3.71. The summed E-state index contributed by atoms with van der Waals surface area (Å²) in [5.41, 5.74) is 3.36. The van der Waals surface area contributed by atoms with Crippen LogP contribution in [0.2, 0.25) is 0 Å². The van der Waals surface area contributed by atoms with Gasteiger partial charge >= 0.3 is 0 Å². The van der Waals surface area contributed by atoms with Crippen molar-refractivity contribution < 1.29 is 9.18 Å². The zero-order chi connectivity index (χ0) is 16.5. The molecular weight excluding hydrogens is 291 g/mol. The molecule has 0 saturated carbocycles. The fraction of sp³-hybridized carbons (Fsp3) is 0.316. The van der Waals surface area contributed by atoms with Crippen LogP contribution in [-0.4, -0.2) is 19.0 Å². The molecule has 0 aliphatic rings. The van der Waals surface area contributed by atoms with Crippen LogP contribution in [0.5, 0.6) is 0 Å². The molecule has 0 bridgehead atoms. The Morgan fingerprint density at radius 3 is 2.52 bits per heavy atom. The summed E-state index contributed by atoms with van der Waals surface area (Å²) in [6.07, 6.45) is 2.10. The molecule has 4 heteroatoms. The van der Waals surface area contributed by atoms with Crippen molar-refractivity contribution in [2.75, 3.05) is 18.4 Å². The molecule has 0 aliphatic heterocycles. The Bertz CT molecular complexity index is 626. The predicted octanol–water partition coefficient (Wildman–Crippen LogP) is 3.55. The van der Waals surface area contributed by atoms with Gasteiger partial charge in [0.2, 0.25) is 5.91 Å². The highest BCUT2D eigenvalue weighted by Crippen LogP contribution is 2.15. The number of halogens is 1. The van der Waals surface area contributed by atoms with E-state index in [-0.39, 0.29) is 11.7 Å². The van der Waals surface area contributed by atoms with Crippen molar-refractivity contribution in [3.05, 3.63) is 65.5 Å². The average molecular weight is 314 g/mol. The lowest BCUT2D eigenvalue weighted by molar-refractivity contribution is -0.120. The largest absolute Gasteiger partial charge is 0.384 e. The number of carbonyl (C=O) groups excluding carboxylic acids is 1. The number of para-hydroxylation sites is 1. The average Bonchev–Trinajstić information content (AvgIpc) is 2.57. The first-order chi connectivity index (χ1) is 11.2. The van der Waals surface area contributed by atoms with Gasteiger partial charge in [0.05, 0.1) is 0 Å². The minimum Gasteiger partial charge on any atom is -0.384 e. The van der Waals surface area contributed by atoms with E-state index in [1.807, 2.05) is 18.2 Å². The highest BCUT2D eigenvalue weighted by Gasteiger charge is 2.03. The molecule has 3 nitrogen and oxygen atoms in total. The summed E-state index contributed by atoms with van der Waals surface area (Å²) in [5.74, 6) is -0.218. The second-order valence-electron chi connectivity index (χ2n) is 5.41. The van der Waals surface area contributed by atoms with Gasteiger partial charge in [0.25, 0.3) is 0 Å². The van der Waals surface area contributed by atoms with Gasteiger partial charge in [0, 0.05) is 25.2 Å². The molecule has 0 aliphatic carbocycles. The quantitative estimate of drug-likeness (QED) is 0.782. The molecular formula is C19H23FN2O. The van der Waals surface area contributed by atoms with E-state index in [1.165, 1.54) is 17.7 Å². The van der Waals surface area contributed by atoms with Crippen molar-refractivity contribution >= 4 is 11.6 Å². The molecule has 0 saturated heterocycles. The first-order valence-corrected chi connectivity index (χ1v) is 8.02. The van der Waals surface area contributed by atoms with Gasteiger partial charge in [0.15, 0.2) is 0 Å². The van der Waals surface area contributed by atoms with Crippen molar-refractivity contribution in [3.63, 3.8) is 0 Å². The molecule has 0 heterocycles. The lowest BCUT2D eigenvalue weighted by Crippen LogP contribution is -2.27. The van der Waals surface area contributed by atoms with E-state index in [4.69, 9.17) is 0 Å². The van der Waals surface area contributed by atoms with Gasteiger partial charge in [-0.2, -0.15) is 0 Å². The maximum absolute atomic E-state index is 12.8. The number of nitrogens with one attached hydrogen (secondary N) is 2. The molecule has 2 aromatic carbocycles. The number of amides is 1. The van der Waals surface area contributed by atoms with Gasteiger partial charge < -0.3 is 10.6 Å². The first-order valence-electron chi connectivity index (χ1n) is 8.02. The number of benzene rings is 2. The molecule has 0 fully saturated rings. The Hall–Kier alpha value is -2.36. The minimum atomic E-state index is -0.240. The molecule has 122 valence electrons. The molecule has 2 aromatic rings. The summed E-state index contributed by atoms with van der Waals surface area (Å²) >= 11 is 0. The number of carbonyl (C=O) groups is 1. The second-order valence-corrected chi connectivity index (χ2v) is 5.41. The van der Waals surface area contributed by atoms with E-state index >= 15 is 0 Å². The predicted molar refractivity (Wildman–Crippen MR) is 92.0 cm³/mol. The van der Waals surface area contributed by atoms with Gasteiger partial charge in [-0.25, -0.2) is 4.39 Å². The number of aryl methyl sites for hydroxylation is 1. The normalized spacial score (nSPS) is 10.3. The number of hydrogen-bond acceptors (Lipinski definition) is 2. The second kappa shape index (κ2) is 8.93. The summed E-state index contributed by atoms with van der Waals surface area (Å²) in [6, 6.07) is 14.5. The lowest BCUT2D eigenvalue weighted by atomic mass is 10.1. The van der Waals surface area contributed by atoms with E-state index in [9.17, 15) is 9.18 Å². The molecule has 2 N–H and O–H groups in total. The van der Waals surface area contributed by atoms with Gasteiger partial charge in [0.1, 0.15) is 5.82 Å². The van der Waals surface area contributed by atoms with Gasteiger partial charge in [-0.15, -0.1) is 0 Å². The molecule has 0 spiro atoms. The topological polar surface area (TPSA) is 41.1 Å². The summed E-state index contributed by atoms with van der Waals surface area (Å²) in [5, 5.41) is 6.19. The van der Waals surface area contributed by atoms with Crippen LogP contribution in [0, 0.1) is 5.82 Å². The SMILES string of the molecule is CCc1ccccc1NCCC(=O)NCCc1ccc(F)cc1. The van der Waals surface area contributed by atoms with Crippen LogP contribution in [0.3, 0.4) is 0 Å². The van der Waals surface area contributed by atoms with Crippen molar-refractivity contribution in [2.45, 2.75) is 26.2 Å². The Kier molecular flexibility index (Phi) is 6.60. The number of hydrogen-bond donors (Lipinski definition) is 2. The van der Waals surface area contributed by atoms with Gasteiger partial charge in [-0.1, -0.05) is 37.3 Å². The van der Waals surface area contributed by atoms with Crippen molar-refractivity contribution in [1.82, 2.24) is 5.32 Å². The Morgan fingerprint density at radius 1 is 1.04 bits per heavy atom. The summed E-state index contributed by atoms with van der Waals surface area (Å²) < 4.78 is 12.8. The van der Waals surface area contributed by atoms with Crippen LogP contribution < -0.4 is 10.6 Å². The highest BCUT2D eigenvalue weighted by atomic mass is 19.1. The van der Waals surface area contributed by atoms with E-state index in [2.05, 4.69) is 23.6 Å². The first kappa shape index (κ1) is 17.0. The molecule has 0 aromatic heterocycles. The number of anilines is 1. The molecule has 0 unspecified atom stereocenters. The Labute approximate surface area is 136 Å². The Balaban J connectivity index is 1.66. The smallest absolute Gasteiger partial charge is 0.221 e.